The van der Waals surface area contributed by atoms with Gasteiger partial charge in [0, 0.05) is 4.90 Å². The number of benzene rings is 2. The maximum absolute atomic E-state index is 12.1. The molecule has 3 aromatic rings. The minimum atomic E-state index is -0.315. The number of aromatic nitrogens is 2. The van der Waals surface area contributed by atoms with Gasteiger partial charge in [-0.05, 0) is 61.6 Å². The van der Waals surface area contributed by atoms with Crippen LogP contribution in [0.4, 0.5) is 0 Å². The molecule has 6 nitrogen and oxygen atoms in total. The van der Waals surface area contributed by atoms with Gasteiger partial charge in [-0.1, -0.05) is 23.4 Å². The molecule has 0 fully saturated rings. The SMILES string of the molecule is CCOc1ccccc1-c1noc(COC(=O)CSc2ccc3c(c2)CCC3)n1. The van der Waals surface area contributed by atoms with Gasteiger partial charge in [-0.3, -0.25) is 4.79 Å². The van der Waals surface area contributed by atoms with Crippen molar-refractivity contribution >= 4 is 17.7 Å². The van der Waals surface area contributed by atoms with E-state index in [1.54, 1.807) is 0 Å². The smallest absolute Gasteiger partial charge is 0.316 e. The minimum Gasteiger partial charge on any atom is -0.493 e. The number of hydrogen-bond acceptors (Lipinski definition) is 7. The van der Waals surface area contributed by atoms with E-state index >= 15 is 0 Å². The maximum atomic E-state index is 12.1. The van der Waals surface area contributed by atoms with Crippen LogP contribution in [0.3, 0.4) is 0 Å². The summed E-state index contributed by atoms with van der Waals surface area (Å²) in [6.07, 6.45) is 3.50. The highest BCUT2D eigenvalue weighted by molar-refractivity contribution is 8.00. The van der Waals surface area contributed by atoms with Gasteiger partial charge in [0.05, 0.1) is 17.9 Å². The number of carbonyl (C=O) groups is 1. The fourth-order valence-electron chi connectivity index (χ4n) is 3.32. The Bertz CT molecular complexity index is 1000. The summed E-state index contributed by atoms with van der Waals surface area (Å²) >= 11 is 1.48. The molecule has 1 aliphatic rings. The van der Waals surface area contributed by atoms with Crippen LogP contribution in [0.2, 0.25) is 0 Å². The van der Waals surface area contributed by atoms with Gasteiger partial charge in [0.2, 0.25) is 5.82 Å². The number of para-hydroxylation sites is 1. The van der Waals surface area contributed by atoms with Crippen molar-refractivity contribution in [3.63, 3.8) is 0 Å². The summed E-state index contributed by atoms with van der Waals surface area (Å²) in [7, 11) is 0. The van der Waals surface area contributed by atoms with Crippen molar-refractivity contribution in [1.82, 2.24) is 10.1 Å². The van der Waals surface area contributed by atoms with E-state index in [1.807, 2.05) is 31.2 Å². The highest BCUT2D eigenvalue weighted by Crippen LogP contribution is 2.29. The second kappa shape index (κ2) is 9.13. The number of fused-ring (bicyclic) bond motifs is 1. The first kappa shape index (κ1) is 19.5. The van der Waals surface area contributed by atoms with Crippen LogP contribution >= 0.6 is 11.8 Å². The third-order valence-corrected chi connectivity index (χ3v) is 5.65. The van der Waals surface area contributed by atoms with E-state index in [-0.39, 0.29) is 24.2 Å². The van der Waals surface area contributed by atoms with E-state index in [1.165, 1.54) is 29.3 Å². The molecule has 1 aliphatic carbocycles. The van der Waals surface area contributed by atoms with Crippen LogP contribution in [0.5, 0.6) is 5.75 Å². The van der Waals surface area contributed by atoms with Crippen molar-refractivity contribution in [2.24, 2.45) is 0 Å². The Morgan fingerprint density at radius 2 is 2.03 bits per heavy atom. The van der Waals surface area contributed by atoms with E-state index < -0.39 is 0 Å². The molecule has 0 unspecified atom stereocenters. The Labute approximate surface area is 173 Å². The fourth-order valence-corrected chi connectivity index (χ4v) is 4.08. The first-order valence-corrected chi connectivity index (χ1v) is 10.7. The Hall–Kier alpha value is -2.80. The average Bonchev–Trinajstić information content (AvgIpc) is 3.40. The summed E-state index contributed by atoms with van der Waals surface area (Å²) in [4.78, 5) is 17.5. The quantitative estimate of drug-likeness (QED) is 0.401. The average molecular weight is 410 g/mol. The van der Waals surface area contributed by atoms with Gasteiger partial charge >= 0.3 is 5.97 Å². The normalized spacial score (nSPS) is 12.6. The van der Waals surface area contributed by atoms with E-state index in [2.05, 4.69) is 28.3 Å². The minimum absolute atomic E-state index is 0.0482. The van der Waals surface area contributed by atoms with E-state index in [9.17, 15) is 4.79 Å². The first-order valence-electron chi connectivity index (χ1n) is 9.68. The number of carbonyl (C=O) groups excluding carboxylic acids is 1. The molecule has 0 saturated carbocycles. The molecule has 1 aromatic heterocycles. The lowest BCUT2D eigenvalue weighted by atomic mass is 10.1. The molecule has 150 valence electrons. The van der Waals surface area contributed by atoms with E-state index in [0.29, 0.717) is 18.2 Å². The van der Waals surface area contributed by atoms with Crippen molar-refractivity contribution in [3.05, 3.63) is 59.5 Å². The predicted molar refractivity (Wildman–Crippen MR) is 110 cm³/mol. The van der Waals surface area contributed by atoms with Crippen molar-refractivity contribution in [1.29, 1.82) is 0 Å². The Kier molecular flexibility index (Phi) is 6.14. The molecule has 2 aromatic carbocycles. The highest BCUT2D eigenvalue weighted by atomic mass is 32.2. The zero-order valence-electron chi connectivity index (χ0n) is 16.2. The van der Waals surface area contributed by atoms with Gasteiger partial charge in [0.25, 0.3) is 5.89 Å². The molecule has 7 heteroatoms. The van der Waals surface area contributed by atoms with Crippen LogP contribution in [-0.4, -0.2) is 28.5 Å². The topological polar surface area (TPSA) is 74.5 Å². The van der Waals surface area contributed by atoms with Crippen LogP contribution in [0.15, 0.2) is 51.9 Å². The molecule has 4 rings (SSSR count). The van der Waals surface area contributed by atoms with Crippen molar-refractivity contribution in [2.45, 2.75) is 37.7 Å². The van der Waals surface area contributed by atoms with Crippen LogP contribution in [-0.2, 0) is 29.0 Å². The zero-order valence-corrected chi connectivity index (χ0v) is 17.0. The van der Waals surface area contributed by atoms with Gasteiger partial charge in [0.15, 0.2) is 6.61 Å². The summed E-state index contributed by atoms with van der Waals surface area (Å²) in [6, 6.07) is 13.9. The fraction of sp³-hybridized carbons (Fsp3) is 0.318. The first-order chi connectivity index (χ1) is 14.2. The number of hydrogen-bond donors (Lipinski definition) is 0. The van der Waals surface area contributed by atoms with Gasteiger partial charge in [0.1, 0.15) is 5.75 Å². The largest absolute Gasteiger partial charge is 0.493 e. The van der Waals surface area contributed by atoms with E-state index in [4.69, 9.17) is 14.0 Å². The molecule has 0 atom stereocenters. The molecular weight excluding hydrogens is 388 g/mol. The van der Waals surface area contributed by atoms with Gasteiger partial charge in [-0.25, -0.2) is 0 Å². The molecule has 0 N–H and O–H groups in total. The predicted octanol–water partition coefficient (Wildman–Crippen LogP) is 4.46. The number of ether oxygens (including phenoxy) is 2. The second-order valence-electron chi connectivity index (χ2n) is 6.67. The Morgan fingerprint density at radius 3 is 2.93 bits per heavy atom. The highest BCUT2D eigenvalue weighted by Gasteiger charge is 2.15. The second-order valence-corrected chi connectivity index (χ2v) is 7.72. The molecular formula is C22H22N2O4S. The summed E-state index contributed by atoms with van der Waals surface area (Å²) in [6.45, 7) is 2.41. The zero-order chi connectivity index (χ0) is 20.1. The number of nitrogens with zero attached hydrogens (tertiary/aromatic N) is 2. The molecule has 29 heavy (non-hydrogen) atoms. The number of aryl methyl sites for hydroxylation is 2. The molecule has 1 heterocycles. The van der Waals surface area contributed by atoms with E-state index in [0.717, 1.165) is 23.3 Å². The third kappa shape index (κ3) is 4.79. The van der Waals surface area contributed by atoms with Gasteiger partial charge in [-0.15, -0.1) is 11.8 Å². The molecule has 0 spiro atoms. The molecule has 0 amide bonds. The number of esters is 1. The lowest BCUT2D eigenvalue weighted by Crippen LogP contribution is -2.07. The molecule has 0 bridgehead atoms. The van der Waals surface area contributed by atoms with Crippen LogP contribution in [0.1, 0.15) is 30.4 Å². The number of rotatable bonds is 8. The van der Waals surface area contributed by atoms with Crippen LogP contribution in [0, 0.1) is 0 Å². The molecule has 0 aliphatic heterocycles. The summed E-state index contributed by atoms with van der Waals surface area (Å²) in [5.74, 6) is 1.28. The Morgan fingerprint density at radius 1 is 1.17 bits per heavy atom. The van der Waals surface area contributed by atoms with Gasteiger partial charge < -0.3 is 14.0 Å². The van der Waals surface area contributed by atoms with Crippen molar-refractivity contribution in [2.75, 3.05) is 12.4 Å². The van der Waals surface area contributed by atoms with Crippen LogP contribution < -0.4 is 4.74 Å². The van der Waals surface area contributed by atoms with Crippen molar-refractivity contribution in [3.8, 4) is 17.1 Å². The lowest BCUT2D eigenvalue weighted by Gasteiger charge is -2.06. The maximum Gasteiger partial charge on any atom is 0.316 e. The van der Waals surface area contributed by atoms with Crippen LogP contribution in [0.25, 0.3) is 11.4 Å². The molecule has 0 radical (unpaired) electrons. The third-order valence-electron chi connectivity index (χ3n) is 4.68. The lowest BCUT2D eigenvalue weighted by molar-refractivity contribution is -0.142. The summed E-state index contributed by atoms with van der Waals surface area (Å²) < 4.78 is 16.1. The monoisotopic (exact) mass is 410 g/mol. The van der Waals surface area contributed by atoms with Gasteiger partial charge in [-0.2, -0.15) is 4.98 Å². The van der Waals surface area contributed by atoms with Crippen molar-refractivity contribution < 1.29 is 18.8 Å². The standard InChI is InChI=1S/C22H22N2O4S/c1-2-26-19-9-4-3-8-18(19)22-23-20(28-24-22)13-27-21(25)14-29-17-11-10-15-6-5-7-16(15)12-17/h3-4,8-12H,2,5-7,13-14H2,1H3. The number of thioether (sulfide) groups is 1. The Balaban J connectivity index is 1.30. The summed E-state index contributed by atoms with van der Waals surface area (Å²) in [5.41, 5.74) is 3.56. The summed E-state index contributed by atoms with van der Waals surface area (Å²) in [5, 5.41) is 3.97. The molecule has 0 saturated heterocycles.